The molecule has 0 aromatic heterocycles. The molecule has 1 heterocycles. The van der Waals surface area contributed by atoms with E-state index in [1.54, 1.807) is 7.05 Å². The summed E-state index contributed by atoms with van der Waals surface area (Å²) in [5, 5.41) is 0. The van der Waals surface area contributed by atoms with Gasteiger partial charge in [0.2, 0.25) is 5.96 Å². The summed E-state index contributed by atoms with van der Waals surface area (Å²) in [5.74, 6) is 6.90. The van der Waals surface area contributed by atoms with Crippen LogP contribution in [0.5, 0.6) is 0 Å². The van der Waals surface area contributed by atoms with Crippen molar-refractivity contribution < 1.29 is 0 Å². The van der Waals surface area contributed by atoms with E-state index in [1.165, 1.54) is 5.56 Å². The Hall–Kier alpha value is -1.59. The van der Waals surface area contributed by atoms with Crippen LogP contribution in [0.25, 0.3) is 0 Å². The van der Waals surface area contributed by atoms with Crippen LogP contribution in [0.2, 0.25) is 0 Å². The number of hydrogen-bond donors (Lipinski definition) is 2. The highest BCUT2D eigenvalue weighted by molar-refractivity contribution is 5.79. The fourth-order valence-corrected chi connectivity index (χ4v) is 2.79. The molecule has 5 nitrogen and oxygen atoms in total. The number of hydrazine groups is 1. The maximum Gasteiger partial charge on any atom is 0.208 e. The number of hydrogen-bond acceptors (Lipinski definition) is 3. The van der Waals surface area contributed by atoms with Crippen LogP contribution in [0.4, 0.5) is 0 Å². The number of nitrogens with two attached hydrogens (primary N) is 1. The zero-order valence-corrected chi connectivity index (χ0v) is 12.4. The van der Waals surface area contributed by atoms with Crippen molar-refractivity contribution in [2.24, 2.45) is 16.8 Å². The van der Waals surface area contributed by atoms with Crippen molar-refractivity contribution in [3.63, 3.8) is 0 Å². The highest BCUT2D eigenvalue weighted by Crippen LogP contribution is 2.12. The van der Waals surface area contributed by atoms with Crippen LogP contribution in [0.15, 0.2) is 35.3 Å². The first-order valence-corrected chi connectivity index (χ1v) is 7.17. The third-order valence-corrected chi connectivity index (χ3v) is 3.68. The average Bonchev–Trinajstić information content (AvgIpc) is 2.63. The highest BCUT2D eigenvalue weighted by atomic mass is 15.4. The van der Waals surface area contributed by atoms with Gasteiger partial charge in [-0.25, -0.2) is 5.84 Å². The number of aliphatic imine (C=N–C) groups is 1. The molecular formula is C15H25N5. The standard InChI is InChI=1S/C15H25N5/c1-13-10-19(12-14-6-4-3-5-7-14)8-9-20(11-13)15(17-2)18-16/h3-7,13H,8-12,16H2,1-2H3,(H,17,18). The lowest BCUT2D eigenvalue weighted by Crippen LogP contribution is -2.46. The number of nitrogens with zero attached hydrogens (tertiary/aromatic N) is 3. The third-order valence-electron chi connectivity index (χ3n) is 3.68. The molecule has 1 aromatic carbocycles. The lowest BCUT2D eigenvalue weighted by atomic mass is 10.1. The Kier molecular flexibility index (Phi) is 5.38. The summed E-state index contributed by atoms with van der Waals surface area (Å²) in [7, 11) is 1.77. The van der Waals surface area contributed by atoms with Crippen LogP contribution in [-0.2, 0) is 6.54 Å². The van der Waals surface area contributed by atoms with Crippen molar-refractivity contribution in [1.82, 2.24) is 15.2 Å². The van der Waals surface area contributed by atoms with Crippen molar-refractivity contribution in [3.05, 3.63) is 35.9 Å². The van der Waals surface area contributed by atoms with Gasteiger partial charge in [0.05, 0.1) is 0 Å². The maximum absolute atomic E-state index is 5.53. The van der Waals surface area contributed by atoms with Gasteiger partial charge in [-0.05, 0) is 11.5 Å². The molecule has 1 atom stereocenters. The summed E-state index contributed by atoms with van der Waals surface area (Å²) in [6, 6.07) is 10.6. The van der Waals surface area contributed by atoms with Gasteiger partial charge >= 0.3 is 0 Å². The van der Waals surface area contributed by atoms with E-state index in [9.17, 15) is 0 Å². The summed E-state index contributed by atoms with van der Waals surface area (Å²) in [4.78, 5) is 8.94. The van der Waals surface area contributed by atoms with Crippen molar-refractivity contribution in [2.75, 3.05) is 33.2 Å². The summed E-state index contributed by atoms with van der Waals surface area (Å²) >= 11 is 0. The van der Waals surface area contributed by atoms with Gasteiger partial charge in [0.1, 0.15) is 0 Å². The third kappa shape index (κ3) is 3.95. The molecule has 1 aromatic rings. The van der Waals surface area contributed by atoms with E-state index in [0.29, 0.717) is 5.92 Å². The topological polar surface area (TPSA) is 56.9 Å². The van der Waals surface area contributed by atoms with Gasteiger partial charge in [-0.3, -0.25) is 15.3 Å². The van der Waals surface area contributed by atoms with Gasteiger partial charge in [-0.15, -0.1) is 0 Å². The first-order chi connectivity index (χ1) is 9.72. The second-order valence-corrected chi connectivity index (χ2v) is 5.46. The SMILES string of the molecule is CN=C(NN)N1CCN(Cc2ccccc2)CC(C)C1. The monoisotopic (exact) mass is 275 g/mol. The zero-order valence-electron chi connectivity index (χ0n) is 12.4. The average molecular weight is 275 g/mol. The van der Waals surface area contributed by atoms with E-state index in [4.69, 9.17) is 5.84 Å². The predicted octanol–water partition coefficient (Wildman–Crippen LogP) is 0.889. The Morgan fingerprint density at radius 2 is 2.05 bits per heavy atom. The van der Waals surface area contributed by atoms with Crippen LogP contribution < -0.4 is 11.3 Å². The fourth-order valence-electron chi connectivity index (χ4n) is 2.79. The Labute approximate surface area is 121 Å². The van der Waals surface area contributed by atoms with Crippen LogP contribution in [-0.4, -0.2) is 49.0 Å². The number of rotatable bonds is 2. The van der Waals surface area contributed by atoms with Gasteiger partial charge in [0.25, 0.3) is 0 Å². The molecule has 0 bridgehead atoms. The van der Waals surface area contributed by atoms with E-state index in [0.717, 1.165) is 38.7 Å². The van der Waals surface area contributed by atoms with Crippen LogP contribution in [0.3, 0.4) is 0 Å². The molecule has 1 aliphatic rings. The second-order valence-electron chi connectivity index (χ2n) is 5.46. The van der Waals surface area contributed by atoms with Gasteiger partial charge < -0.3 is 4.90 Å². The molecule has 1 unspecified atom stereocenters. The highest BCUT2D eigenvalue weighted by Gasteiger charge is 2.21. The van der Waals surface area contributed by atoms with Crippen LogP contribution in [0.1, 0.15) is 12.5 Å². The second kappa shape index (κ2) is 7.26. The molecule has 0 spiro atoms. The van der Waals surface area contributed by atoms with Crippen LogP contribution in [0, 0.1) is 5.92 Å². The molecule has 1 fully saturated rings. The molecule has 5 heteroatoms. The molecule has 3 N–H and O–H groups in total. The lowest BCUT2D eigenvalue weighted by molar-refractivity contribution is 0.256. The predicted molar refractivity (Wildman–Crippen MR) is 83.1 cm³/mol. The number of nitrogens with one attached hydrogen (secondary N) is 1. The summed E-state index contributed by atoms with van der Waals surface area (Å²) < 4.78 is 0. The van der Waals surface area contributed by atoms with E-state index >= 15 is 0 Å². The minimum absolute atomic E-state index is 0.589. The van der Waals surface area contributed by atoms with E-state index < -0.39 is 0 Å². The van der Waals surface area contributed by atoms with E-state index in [1.807, 2.05) is 0 Å². The fraction of sp³-hybridized carbons (Fsp3) is 0.533. The van der Waals surface area contributed by atoms with Gasteiger partial charge in [0.15, 0.2) is 0 Å². The Bertz CT molecular complexity index is 431. The summed E-state index contributed by atoms with van der Waals surface area (Å²) in [6.07, 6.45) is 0. The lowest BCUT2D eigenvalue weighted by Gasteiger charge is -2.24. The number of benzene rings is 1. The Morgan fingerprint density at radius 3 is 2.70 bits per heavy atom. The molecule has 1 saturated heterocycles. The molecule has 0 amide bonds. The smallest absolute Gasteiger partial charge is 0.208 e. The van der Waals surface area contributed by atoms with Gasteiger partial charge in [-0.2, -0.15) is 0 Å². The quantitative estimate of drug-likeness (QED) is 0.364. The van der Waals surface area contributed by atoms with Crippen molar-refractivity contribution in [1.29, 1.82) is 0 Å². The Balaban J connectivity index is 1.98. The maximum atomic E-state index is 5.53. The van der Waals surface area contributed by atoms with Crippen molar-refractivity contribution in [2.45, 2.75) is 13.5 Å². The molecular weight excluding hydrogens is 250 g/mol. The summed E-state index contributed by atoms with van der Waals surface area (Å²) in [5.41, 5.74) is 4.06. The van der Waals surface area contributed by atoms with E-state index in [-0.39, 0.29) is 0 Å². The minimum atomic E-state index is 0.589. The minimum Gasteiger partial charge on any atom is -0.340 e. The normalized spacial score (nSPS) is 21.6. The first-order valence-electron chi connectivity index (χ1n) is 7.17. The molecule has 0 saturated carbocycles. The molecule has 0 aliphatic carbocycles. The number of guanidine groups is 1. The van der Waals surface area contributed by atoms with Gasteiger partial charge in [0, 0.05) is 39.8 Å². The van der Waals surface area contributed by atoms with Crippen LogP contribution >= 0.6 is 0 Å². The molecule has 110 valence electrons. The zero-order chi connectivity index (χ0) is 14.4. The molecule has 1 aliphatic heterocycles. The largest absolute Gasteiger partial charge is 0.340 e. The summed E-state index contributed by atoms with van der Waals surface area (Å²) in [6.45, 7) is 7.36. The molecule has 2 rings (SSSR count). The molecule has 20 heavy (non-hydrogen) atoms. The first kappa shape index (κ1) is 14.8. The molecule has 0 radical (unpaired) electrons. The van der Waals surface area contributed by atoms with Crippen molar-refractivity contribution >= 4 is 5.96 Å². The Morgan fingerprint density at radius 1 is 1.30 bits per heavy atom. The van der Waals surface area contributed by atoms with Gasteiger partial charge in [-0.1, -0.05) is 37.3 Å². The van der Waals surface area contributed by atoms with E-state index in [2.05, 4.69) is 57.5 Å². The van der Waals surface area contributed by atoms with Crippen molar-refractivity contribution in [3.8, 4) is 0 Å².